The van der Waals surface area contributed by atoms with Gasteiger partial charge in [-0.3, -0.25) is 14.4 Å². The number of nitrogens with one attached hydrogen (secondary N) is 1. The van der Waals surface area contributed by atoms with Gasteiger partial charge < -0.3 is 25.0 Å². The van der Waals surface area contributed by atoms with Gasteiger partial charge in [-0.05, 0) is 57.5 Å². The maximum absolute atomic E-state index is 13.9. The Morgan fingerprint density at radius 1 is 1.00 bits per heavy atom. The van der Waals surface area contributed by atoms with Gasteiger partial charge in [0, 0.05) is 23.9 Å². The van der Waals surface area contributed by atoms with Crippen LogP contribution in [0.15, 0.2) is 77.7 Å². The molecule has 198 valence electrons. The van der Waals surface area contributed by atoms with E-state index in [1.807, 2.05) is 54.6 Å². The first kappa shape index (κ1) is 25.8. The number of carbonyl (C=O) groups is 3. The Kier molecular flexibility index (Phi) is 6.26. The Bertz CT molecular complexity index is 1620. The first-order valence-electron chi connectivity index (χ1n) is 12.4. The molecule has 5 rings (SSSR count). The van der Waals surface area contributed by atoms with Crippen molar-refractivity contribution in [3.8, 4) is 28.7 Å². The van der Waals surface area contributed by atoms with E-state index in [2.05, 4.69) is 5.32 Å². The molecule has 3 aromatic carbocycles. The minimum absolute atomic E-state index is 0.00221. The van der Waals surface area contributed by atoms with Gasteiger partial charge in [-0.2, -0.15) is 0 Å². The second-order valence-electron chi connectivity index (χ2n) is 9.80. The summed E-state index contributed by atoms with van der Waals surface area (Å²) in [5.41, 5.74) is -0.455. The van der Waals surface area contributed by atoms with E-state index in [9.17, 15) is 24.6 Å². The number of para-hydroxylation sites is 1. The Labute approximate surface area is 225 Å². The van der Waals surface area contributed by atoms with Crippen LogP contribution in [0, 0.1) is 6.92 Å². The monoisotopic (exact) mass is 525 g/mol. The molecule has 0 radical (unpaired) electrons. The number of phenols is 2. The lowest BCUT2D eigenvalue weighted by molar-refractivity contribution is -0.123. The first-order chi connectivity index (χ1) is 18.5. The van der Waals surface area contributed by atoms with Gasteiger partial charge >= 0.3 is 0 Å². The van der Waals surface area contributed by atoms with Crippen LogP contribution in [-0.4, -0.2) is 27.6 Å². The Morgan fingerprint density at radius 3 is 2.38 bits per heavy atom. The third kappa shape index (κ3) is 4.14. The van der Waals surface area contributed by atoms with Gasteiger partial charge in [0.05, 0.1) is 11.1 Å². The summed E-state index contributed by atoms with van der Waals surface area (Å²) in [6, 6.07) is 16.8. The fraction of sp³-hybridized carbons (Fsp3) is 0.194. The van der Waals surface area contributed by atoms with Crippen LogP contribution in [0.2, 0.25) is 0 Å². The summed E-state index contributed by atoms with van der Waals surface area (Å²) in [5.74, 6) is -1.19. The molecule has 3 N–H and O–H groups in total. The molecule has 0 saturated carbocycles. The highest BCUT2D eigenvalue weighted by atomic mass is 16.5. The molecule has 0 saturated heterocycles. The van der Waals surface area contributed by atoms with Crippen molar-refractivity contribution in [2.75, 3.05) is 0 Å². The zero-order valence-corrected chi connectivity index (χ0v) is 21.9. The van der Waals surface area contributed by atoms with Gasteiger partial charge in [0.25, 0.3) is 0 Å². The van der Waals surface area contributed by atoms with Crippen LogP contribution >= 0.6 is 0 Å². The number of carbonyl (C=O) groups excluding carboxylic acids is 3. The standard InChI is InChI=1S/C31H27NO7/c1-16-27(35)25(18(3)33)29-26(28(16)36)31(4)23(39-29)14-22(34)24(30(31)37)17(2)32-15-19-9-8-12-21(13-19)38-20-10-6-5-7-11-20/h5-14,32,35-36H,15H2,1-4H3/t31-/m0/s1. The number of aromatic hydroxyl groups is 2. The summed E-state index contributed by atoms with van der Waals surface area (Å²) in [5, 5.41) is 24.6. The lowest BCUT2D eigenvalue weighted by Gasteiger charge is -2.29. The van der Waals surface area contributed by atoms with Crippen molar-refractivity contribution in [2.45, 2.75) is 39.7 Å². The highest BCUT2D eigenvalue weighted by molar-refractivity contribution is 6.31. The van der Waals surface area contributed by atoms with E-state index in [4.69, 9.17) is 9.47 Å². The zero-order valence-electron chi connectivity index (χ0n) is 21.9. The van der Waals surface area contributed by atoms with Crippen molar-refractivity contribution in [3.05, 3.63) is 100.0 Å². The van der Waals surface area contributed by atoms with Crippen molar-refractivity contribution < 1.29 is 34.1 Å². The van der Waals surface area contributed by atoms with Crippen molar-refractivity contribution >= 4 is 17.3 Å². The molecule has 2 aliphatic rings. The average Bonchev–Trinajstić information content (AvgIpc) is 3.19. The van der Waals surface area contributed by atoms with Gasteiger partial charge in [0.15, 0.2) is 17.3 Å². The number of hydrogen-bond donors (Lipinski definition) is 3. The smallest absolute Gasteiger partial charge is 0.194 e. The largest absolute Gasteiger partial charge is 0.507 e. The lowest BCUT2D eigenvalue weighted by Crippen LogP contribution is -2.41. The molecule has 0 fully saturated rings. The molecule has 0 aromatic heterocycles. The predicted octanol–water partition coefficient (Wildman–Crippen LogP) is 5.15. The number of hydrogen-bond acceptors (Lipinski definition) is 8. The number of phenolic OH excluding ortho intramolecular Hbond substituents is 2. The molecule has 3 aromatic rings. The summed E-state index contributed by atoms with van der Waals surface area (Å²) >= 11 is 0. The molecule has 1 heterocycles. The van der Waals surface area contributed by atoms with Crippen LogP contribution in [0.5, 0.6) is 28.7 Å². The quantitative estimate of drug-likeness (QED) is 0.229. The van der Waals surface area contributed by atoms with Gasteiger partial charge in [-0.1, -0.05) is 30.3 Å². The fourth-order valence-corrected chi connectivity index (χ4v) is 5.03. The van der Waals surface area contributed by atoms with Crippen molar-refractivity contribution in [2.24, 2.45) is 0 Å². The normalized spacial score (nSPS) is 19.0. The predicted molar refractivity (Wildman–Crippen MR) is 143 cm³/mol. The first-order valence-corrected chi connectivity index (χ1v) is 12.4. The summed E-state index contributed by atoms with van der Waals surface area (Å²) in [7, 11) is 0. The molecule has 39 heavy (non-hydrogen) atoms. The van der Waals surface area contributed by atoms with Gasteiger partial charge in [0.1, 0.15) is 45.5 Å². The van der Waals surface area contributed by atoms with Gasteiger partial charge in [-0.25, -0.2) is 0 Å². The zero-order chi connectivity index (χ0) is 28.1. The van der Waals surface area contributed by atoms with Crippen molar-refractivity contribution in [3.63, 3.8) is 0 Å². The Hall–Kier alpha value is -4.85. The number of allylic oxidation sites excluding steroid dienone is 4. The molecular formula is C31H27NO7. The van der Waals surface area contributed by atoms with E-state index in [-0.39, 0.29) is 39.5 Å². The highest BCUT2D eigenvalue weighted by Gasteiger charge is 2.56. The Balaban J connectivity index is 1.47. The van der Waals surface area contributed by atoms with E-state index in [0.29, 0.717) is 23.7 Å². The maximum Gasteiger partial charge on any atom is 0.194 e. The molecule has 1 atom stereocenters. The summed E-state index contributed by atoms with van der Waals surface area (Å²) in [6.07, 6.45) is 1.20. The Morgan fingerprint density at radius 2 is 1.69 bits per heavy atom. The minimum Gasteiger partial charge on any atom is -0.507 e. The molecule has 1 aliphatic heterocycles. The third-order valence-electron chi connectivity index (χ3n) is 7.19. The number of fused-ring (bicyclic) bond motifs is 3. The van der Waals surface area contributed by atoms with Gasteiger partial charge in [-0.15, -0.1) is 0 Å². The lowest BCUT2D eigenvalue weighted by atomic mass is 9.70. The summed E-state index contributed by atoms with van der Waals surface area (Å²) in [6.45, 7) is 6.18. The van der Waals surface area contributed by atoms with Crippen LogP contribution in [-0.2, 0) is 21.5 Å². The molecule has 0 spiro atoms. The highest BCUT2D eigenvalue weighted by Crippen LogP contribution is 2.57. The van der Waals surface area contributed by atoms with E-state index in [1.54, 1.807) is 6.92 Å². The van der Waals surface area contributed by atoms with E-state index in [1.165, 1.54) is 26.8 Å². The van der Waals surface area contributed by atoms with Crippen LogP contribution in [0.1, 0.15) is 47.8 Å². The van der Waals surface area contributed by atoms with Crippen LogP contribution < -0.4 is 14.8 Å². The number of ketones is 3. The van der Waals surface area contributed by atoms with E-state index < -0.39 is 28.5 Å². The number of ether oxygens (including phenoxy) is 2. The summed E-state index contributed by atoms with van der Waals surface area (Å²) in [4.78, 5) is 39.4. The molecule has 8 nitrogen and oxygen atoms in total. The van der Waals surface area contributed by atoms with Crippen molar-refractivity contribution in [1.29, 1.82) is 0 Å². The van der Waals surface area contributed by atoms with Crippen LogP contribution in [0.25, 0.3) is 0 Å². The minimum atomic E-state index is -1.56. The second-order valence-corrected chi connectivity index (χ2v) is 9.80. The molecular weight excluding hydrogens is 498 g/mol. The molecule has 0 amide bonds. The molecule has 0 bridgehead atoms. The maximum atomic E-state index is 13.9. The SMILES string of the molecule is CC(=O)c1c(O)c(C)c(O)c2c1OC1=CC(=O)C(=C(C)NCc3cccc(Oc4ccccc4)c3)C(=O)[C@@]12C. The molecule has 1 aliphatic carbocycles. The van der Waals surface area contributed by atoms with Crippen LogP contribution in [0.4, 0.5) is 0 Å². The van der Waals surface area contributed by atoms with E-state index >= 15 is 0 Å². The summed E-state index contributed by atoms with van der Waals surface area (Å²) < 4.78 is 11.7. The van der Waals surface area contributed by atoms with Crippen molar-refractivity contribution in [1.82, 2.24) is 5.32 Å². The fourth-order valence-electron chi connectivity index (χ4n) is 5.03. The second kappa shape index (κ2) is 9.47. The topological polar surface area (TPSA) is 122 Å². The third-order valence-corrected chi connectivity index (χ3v) is 7.19. The number of benzene rings is 3. The average molecular weight is 526 g/mol. The number of Topliss-reactive ketones (excluding diaryl/α,β-unsaturated/α-hetero) is 2. The molecule has 0 unspecified atom stereocenters. The molecule has 8 heteroatoms. The number of rotatable bonds is 6. The van der Waals surface area contributed by atoms with Gasteiger partial charge in [0.2, 0.25) is 0 Å². The van der Waals surface area contributed by atoms with E-state index in [0.717, 1.165) is 5.56 Å². The van der Waals surface area contributed by atoms with Crippen LogP contribution in [0.3, 0.4) is 0 Å².